The molecule has 1 N–H and O–H groups in total. The number of carbonyl (C=O) groups is 2. The minimum absolute atomic E-state index is 0.167. The van der Waals surface area contributed by atoms with Gasteiger partial charge in [-0.1, -0.05) is 17.7 Å². The second-order valence-electron chi connectivity index (χ2n) is 9.50. The van der Waals surface area contributed by atoms with Gasteiger partial charge in [0.25, 0.3) is 11.8 Å². The topological polar surface area (TPSA) is 93.7 Å². The van der Waals surface area contributed by atoms with Gasteiger partial charge in [-0.15, -0.1) is 0 Å². The van der Waals surface area contributed by atoms with Crippen LogP contribution in [0.1, 0.15) is 50.2 Å². The van der Waals surface area contributed by atoms with Crippen LogP contribution in [0.2, 0.25) is 5.02 Å². The molecule has 0 spiro atoms. The Bertz CT molecular complexity index is 1610. The molecule has 210 valence electrons. The van der Waals surface area contributed by atoms with Crippen molar-refractivity contribution in [1.82, 2.24) is 20.2 Å². The molecule has 0 saturated carbocycles. The number of rotatable bonds is 9. The molecule has 41 heavy (non-hydrogen) atoms. The number of halogens is 2. The van der Waals surface area contributed by atoms with Gasteiger partial charge in [0.1, 0.15) is 17.3 Å². The van der Waals surface area contributed by atoms with Gasteiger partial charge in [0.15, 0.2) is 0 Å². The van der Waals surface area contributed by atoms with E-state index in [-0.39, 0.29) is 41.9 Å². The third-order valence-electron chi connectivity index (χ3n) is 6.89. The van der Waals surface area contributed by atoms with E-state index in [9.17, 15) is 14.0 Å². The lowest BCUT2D eigenvalue weighted by Gasteiger charge is -2.18. The third-order valence-corrected chi connectivity index (χ3v) is 7.20. The Morgan fingerprint density at radius 1 is 1.07 bits per heavy atom. The zero-order chi connectivity index (χ0) is 29.1. The number of ether oxygens (including phenoxy) is 2. The van der Waals surface area contributed by atoms with Gasteiger partial charge in [-0.3, -0.25) is 14.6 Å². The minimum Gasteiger partial charge on any atom is -0.497 e. The van der Waals surface area contributed by atoms with E-state index < -0.39 is 5.82 Å². The van der Waals surface area contributed by atoms with Gasteiger partial charge in [0, 0.05) is 36.5 Å². The van der Waals surface area contributed by atoms with Gasteiger partial charge in [-0.2, -0.15) is 0 Å². The van der Waals surface area contributed by atoms with E-state index in [2.05, 4.69) is 10.3 Å². The second-order valence-corrected chi connectivity index (χ2v) is 9.91. The summed E-state index contributed by atoms with van der Waals surface area (Å²) in [6.07, 6.45) is 1.77. The first-order valence-electron chi connectivity index (χ1n) is 13.0. The number of hydrogen-bond donors (Lipinski definition) is 1. The summed E-state index contributed by atoms with van der Waals surface area (Å²) < 4.78 is 25.8. The number of benzene rings is 2. The van der Waals surface area contributed by atoms with Crippen LogP contribution in [0, 0.1) is 5.82 Å². The van der Waals surface area contributed by atoms with E-state index in [1.54, 1.807) is 49.5 Å². The van der Waals surface area contributed by atoms with E-state index in [1.165, 1.54) is 18.3 Å². The molecule has 4 aromatic rings. The summed E-state index contributed by atoms with van der Waals surface area (Å²) in [6, 6.07) is 15.0. The number of pyridine rings is 2. The number of nitrogens with zero attached hydrogens (tertiary/aromatic N) is 3. The van der Waals surface area contributed by atoms with Crippen LogP contribution in [-0.4, -0.2) is 47.4 Å². The maximum absolute atomic E-state index is 14.9. The van der Waals surface area contributed by atoms with Crippen molar-refractivity contribution in [2.24, 2.45) is 0 Å². The molecule has 2 aromatic carbocycles. The predicted molar refractivity (Wildman–Crippen MR) is 153 cm³/mol. The van der Waals surface area contributed by atoms with Crippen molar-refractivity contribution in [3.63, 3.8) is 0 Å². The molecule has 0 unspecified atom stereocenters. The van der Waals surface area contributed by atoms with E-state index in [1.807, 2.05) is 19.1 Å². The molecular formula is C31H28ClFN4O4. The molecule has 2 amide bonds. The molecule has 0 radical (unpaired) electrons. The summed E-state index contributed by atoms with van der Waals surface area (Å²) in [5, 5.41) is 2.96. The molecule has 0 fully saturated rings. The van der Waals surface area contributed by atoms with Crippen molar-refractivity contribution in [2.75, 3.05) is 20.8 Å². The lowest BCUT2D eigenvalue weighted by molar-refractivity contribution is 0.0764. The fourth-order valence-corrected chi connectivity index (χ4v) is 5.15. The smallest absolute Gasteiger partial charge is 0.256 e. The molecule has 0 atom stereocenters. The number of fused-ring (bicyclic) bond motifs is 1. The lowest BCUT2D eigenvalue weighted by atomic mass is 9.98. The molecular weight excluding hydrogens is 547 g/mol. The summed E-state index contributed by atoms with van der Waals surface area (Å²) in [5.41, 5.74) is 3.98. The number of amides is 2. The molecule has 5 rings (SSSR count). The van der Waals surface area contributed by atoms with Crippen LogP contribution < -0.4 is 14.8 Å². The van der Waals surface area contributed by atoms with E-state index in [4.69, 9.17) is 26.1 Å². The molecule has 0 aliphatic carbocycles. The minimum atomic E-state index is -0.510. The van der Waals surface area contributed by atoms with Gasteiger partial charge in [0.2, 0.25) is 0 Å². The van der Waals surface area contributed by atoms with Crippen molar-refractivity contribution in [3.8, 4) is 22.8 Å². The van der Waals surface area contributed by atoms with Crippen molar-refractivity contribution < 1.29 is 23.5 Å². The Hall–Kier alpha value is -4.50. The molecule has 1 aliphatic heterocycles. The van der Waals surface area contributed by atoms with Gasteiger partial charge in [0.05, 0.1) is 60.4 Å². The first-order chi connectivity index (χ1) is 19.8. The molecule has 0 bridgehead atoms. The summed E-state index contributed by atoms with van der Waals surface area (Å²) in [4.78, 5) is 36.8. The summed E-state index contributed by atoms with van der Waals surface area (Å²) in [5.74, 6) is 0.307. The van der Waals surface area contributed by atoms with Gasteiger partial charge < -0.3 is 19.7 Å². The second kappa shape index (κ2) is 11.9. The number of hydrogen-bond acceptors (Lipinski definition) is 6. The van der Waals surface area contributed by atoms with Crippen LogP contribution in [0.5, 0.6) is 11.5 Å². The summed E-state index contributed by atoms with van der Waals surface area (Å²) in [6.45, 7) is 2.84. The average Bonchev–Trinajstić information content (AvgIpc) is 3.28. The highest BCUT2D eigenvalue weighted by Crippen LogP contribution is 2.36. The predicted octanol–water partition coefficient (Wildman–Crippen LogP) is 5.45. The van der Waals surface area contributed by atoms with E-state index in [0.717, 1.165) is 5.56 Å². The Morgan fingerprint density at radius 2 is 1.90 bits per heavy atom. The fraction of sp³-hybridized carbons (Fsp3) is 0.226. The molecule has 8 nitrogen and oxygen atoms in total. The highest BCUT2D eigenvalue weighted by molar-refractivity contribution is 6.33. The zero-order valence-corrected chi connectivity index (χ0v) is 23.6. The van der Waals surface area contributed by atoms with Crippen molar-refractivity contribution in [2.45, 2.75) is 26.4 Å². The van der Waals surface area contributed by atoms with Crippen LogP contribution in [0.3, 0.4) is 0 Å². The van der Waals surface area contributed by atoms with Crippen LogP contribution in [0.25, 0.3) is 11.3 Å². The highest BCUT2D eigenvalue weighted by Gasteiger charge is 2.33. The normalized spacial score (nSPS) is 12.3. The number of aromatic nitrogens is 2. The first kappa shape index (κ1) is 28.0. The van der Waals surface area contributed by atoms with Gasteiger partial charge in [-0.25, -0.2) is 9.37 Å². The Balaban J connectivity index is 1.53. The highest BCUT2D eigenvalue weighted by atomic mass is 35.5. The number of nitrogens with one attached hydrogen (secondary N) is 1. The Morgan fingerprint density at radius 3 is 2.59 bits per heavy atom. The van der Waals surface area contributed by atoms with Crippen molar-refractivity contribution >= 4 is 23.4 Å². The largest absolute Gasteiger partial charge is 0.497 e. The van der Waals surface area contributed by atoms with Crippen molar-refractivity contribution in [1.29, 1.82) is 0 Å². The van der Waals surface area contributed by atoms with E-state index in [0.29, 0.717) is 51.8 Å². The SMILES string of the molecule is CCNC(=O)c1ccc(Cc2cc(-c3c(F)cccc3Cl)nc3c2C(=O)N(Cc2ccc(OC)cc2OC)C3)nc1. The van der Waals surface area contributed by atoms with Gasteiger partial charge in [-0.05, 0) is 55.0 Å². The average molecular weight is 575 g/mol. The number of methoxy groups -OCH3 is 2. The molecule has 0 saturated heterocycles. The van der Waals surface area contributed by atoms with Crippen LogP contribution in [-0.2, 0) is 19.5 Å². The maximum atomic E-state index is 14.9. The lowest BCUT2D eigenvalue weighted by Crippen LogP contribution is -2.24. The Kier molecular flexibility index (Phi) is 8.16. The third kappa shape index (κ3) is 5.71. The molecule has 2 aromatic heterocycles. The maximum Gasteiger partial charge on any atom is 0.256 e. The summed E-state index contributed by atoms with van der Waals surface area (Å²) in [7, 11) is 3.14. The van der Waals surface area contributed by atoms with Crippen molar-refractivity contribution in [3.05, 3.63) is 105 Å². The van der Waals surface area contributed by atoms with Gasteiger partial charge >= 0.3 is 0 Å². The zero-order valence-electron chi connectivity index (χ0n) is 22.8. The van der Waals surface area contributed by atoms with Crippen LogP contribution in [0.4, 0.5) is 4.39 Å². The van der Waals surface area contributed by atoms with E-state index >= 15 is 0 Å². The molecule has 1 aliphatic rings. The molecule has 3 heterocycles. The Labute approximate surface area is 242 Å². The van der Waals surface area contributed by atoms with Crippen LogP contribution >= 0.6 is 11.6 Å². The monoisotopic (exact) mass is 574 g/mol. The first-order valence-corrected chi connectivity index (χ1v) is 13.4. The standard InChI is InChI=1S/C31H28ClFN4O4/c1-4-34-30(38)18-8-10-21(35-15-18)12-20-13-25(29-23(32)6-5-7-24(29)33)36-26-17-37(31(39)28(20)26)16-19-9-11-22(40-2)14-27(19)41-3/h5-11,13-15H,4,12,16-17H2,1-3H3,(H,34,38). The quantitative estimate of drug-likeness (QED) is 0.286. The summed E-state index contributed by atoms with van der Waals surface area (Å²) >= 11 is 6.39. The fourth-order valence-electron chi connectivity index (χ4n) is 4.89. The number of carbonyl (C=O) groups excluding carboxylic acids is 2. The van der Waals surface area contributed by atoms with Crippen LogP contribution in [0.15, 0.2) is 60.8 Å². The molecule has 10 heteroatoms.